The van der Waals surface area contributed by atoms with Crippen molar-refractivity contribution in [3.63, 3.8) is 0 Å². The van der Waals surface area contributed by atoms with Crippen LogP contribution in [0, 0.1) is 5.92 Å². The molecule has 0 radical (unpaired) electrons. The third-order valence-corrected chi connectivity index (χ3v) is 3.44. The molecule has 1 aromatic rings. The Morgan fingerprint density at radius 1 is 1.21 bits per heavy atom. The number of rotatable bonds is 5. The van der Waals surface area contributed by atoms with Crippen LogP contribution in [0.5, 0.6) is 0 Å². The zero-order chi connectivity index (χ0) is 12.6. The standard InChI is InChI=1S/C15H21NO2.ClH/c17-15(12-14-4-2-1-3-5-14)18-11-8-13-6-9-16-10-7-13;/h1-5,13,16H,6-12H2;1H. The first-order chi connectivity index (χ1) is 8.84. The van der Waals surface area contributed by atoms with Gasteiger partial charge in [0.25, 0.3) is 0 Å². The summed E-state index contributed by atoms with van der Waals surface area (Å²) in [5.74, 6) is 0.603. The molecule has 0 saturated carbocycles. The highest BCUT2D eigenvalue weighted by molar-refractivity contribution is 5.85. The molecule has 2 rings (SSSR count). The molecule has 1 N–H and O–H groups in total. The van der Waals surface area contributed by atoms with Gasteiger partial charge in [-0.3, -0.25) is 4.79 Å². The van der Waals surface area contributed by atoms with E-state index in [1.807, 2.05) is 30.3 Å². The van der Waals surface area contributed by atoms with Gasteiger partial charge in [-0.25, -0.2) is 0 Å². The van der Waals surface area contributed by atoms with Crippen molar-refractivity contribution in [2.24, 2.45) is 5.92 Å². The van der Waals surface area contributed by atoms with Gasteiger partial charge >= 0.3 is 5.97 Å². The van der Waals surface area contributed by atoms with E-state index in [4.69, 9.17) is 4.74 Å². The van der Waals surface area contributed by atoms with E-state index in [1.165, 1.54) is 12.8 Å². The van der Waals surface area contributed by atoms with Gasteiger partial charge in [-0.1, -0.05) is 30.3 Å². The minimum atomic E-state index is -0.116. The van der Waals surface area contributed by atoms with Crippen LogP contribution >= 0.6 is 12.4 Å². The second-order valence-corrected chi connectivity index (χ2v) is 4.86. The summed E-state index contributed by atoms with van der Waals surface area (Å²) in [6.07, 6.45) is 3.79. The summed E-state index contributed by atoms with van der Waals surface area (Å²) >= 11 is 0. The fourth-order valence-corrected chi connectivity index (χ4v) is 2.32. The molecule has 106 valence electrons. The lowest BCUT2D eigenvalue weighted by molar-refractivity contribution is -0.143. The largest absolute Gasteiger partial charge is 0.465 e. The molecule has 0 amide bonds. The van der Waals surface area contributed by atoms with E-state index in [0.717, 1.165) is 31.0 Å². The molecule has 0 unspecified atom stereocenters. The molecule has 1 aliphatic heterocycles. The Morgan fingerprint density at radius 3 is 2.58 bits per heavy atom. The highest BCUT2D eigenvalue weighted by atomic mass is 35.5. The van der Waals surface area contributed by atoms with Crippen LogP contribution in [0.3, 0.4) is 0 Å². The molecule has 1 aliphatic rings. The molecular weight excluding hydrogens is 262 g/mol. The molecule has 0 bridgehead atoms. The number of ether oxygens (including phenoxy) is 1. The number of halogens is 1. The number of carbonyl (C=O) groups is 1. The summed E-state index contributed by atoms with van der Waals surface area (Å²) in [4.78, 5) is 11.6. The van der Waals surface area contributed by atoms with Crippen LogP contribution in [0.4, 0.5) is 0 Å². The van der Waals surface area contributed by atoms with Crippen molar-refractivity contribution >= 4 is 18.4 Å². The maximum atomic E-state index is 11.6. The summed E-state index contributed by atoms with van der Waals surface area (Å²) in [7, 11) is 0. The van der Waals surface area contributed by atoms with E-state index in [1.54, 1.807) is 0 Å². The highest BCUT2D eigenvalue weighted by Crippen LogP contribution is 2.15. The zero-order valence-electron chi connectivity index (χ0n) is 11.1. The topological polar surface area (TPSA) is 38.3 Å². The van der Waals surface area contributed by atoms with E-state index in [-0.39, 0.29) is 18.4 Å². The average molecular weight is 284 g/mol. The van der Waals surface area contributed by atoms with Crippen molar-refractivity contribution in [1.82, 2.24) is 5.32 Å². The Balaban J connectivity index is 0.00000180. The number of hydrogen-bond donors (Lipinski definition) is 1. The van der Waals surface area contributed by atoms with E-state index >= 15 is 0 Å². The summed E-state index contributed by atoms with van der Waals surface area (Å²) in [6, 6.07) is 9.74. The fraction of sp³-hybridized carbons (Fsp3) is 0.533. The molecule has 1 saturated heterocycles. The predicted octanol–water partition coefficient (Wildman–Crippen LogP) is 2.58. The number of esters is 1. The maximum Gasteiger partial charge on any atom is 0.310 e. The molecule has 0 aliphatic carbocycles. The van der Waals surface area contributed by atoms with Crippen LogP contribution in [0.2, 0.25) is 0 Å². The number of hydrogen-bond acceptors (Lipinski definition) is 3. The van der Waals surface area contributed by atoms with Gasteiger partial charge in [0.05, 0.1) is 13.0 Å². The monoisotopic (exact) mass is 283 g/mol. The lowest BCUT2D eigenvalue weighted by Crippen LogP contribution is -2.28. The molecule has 1 fully saturated rings. The van der Waals surface area contributed by atoms with Gasteiger partial charge in [0.15, 0.2) is 0 Å². The van der Waals surface area contributed by atoms with Gasteiger partial charge in [0, 0.05) is 0 Å². The van der Waals surface area contributed by atoms with Gasteiger partial charge in [-0.2, -0.15) is 0 Å². The van der Waals surface area contributed by atoms with E-state index < -0.39 is 0 Å². The summed E-state index contributed by atoms with van der Waals surface area (Å²) in [5.41, 5.74) is 1.02. The van der Waals surface area contributed by atoms with Gasteiger partial charge in [0.2, 0.25) is 0 Å². The van der Waals surface area contributed by atoms with Crippen molar-refractivity contribution in [3.05, 3.63) is 35.9 Å². The van der Waals surface area contributed by atoms with Gasteiger partial charge in [-0.15, -0.1) is 12.4 Å². The molecule has 0 aromatic heterocycles. The first-order valence-electron chi connectivity index (χ1n) is 6.75. The third-order valence-electron chi connectivity index (χ3n) is 3.44. The van der Waals surface area contributed by atoms with Crippen LogP contribution in [0.25, 0.3) is 0 Å². The summed E-state index contributed by atoms with van der Waals surface area (Å²) in [5, 5.41) is 3.34. The van der Waals surface area contributed by atoms with Crippen molar-refractivity contribution < 1.29 is 9.53 Å². The van der Waals surface area contributed by atoms with Crippen molar-refractivity contribution in [3.8, 4) is 0 Å². The molecule has 4 heteroatoms. The maximum absolute atomic E-state index is 11.6. The first kappa shape index (κ1) is 16.0. The molecule has 3 nitrogen and oxygen atoms in total. The number of benzene rings is 1. The minimum absolute atomic E-state index is 0. The highest BCUT2D eigenvalue weighted by Gasteiger charge is 2.13. The Labute approximate surface area is 121 Å². The van der Waals surface area contributed by atoms with Crippen LogP contribution < -0.4 is 5.32 Å². The number of piperidine rings is 1. The lowest BCUT2D eigenvalue weighted by atomic mass is 9.95. The van der Waals surface area contributed by atoms with Crippen LogP contribution in [0.15, 0.2) is 30.3 Å². The Hall–Kier alpha value is -1.06. The quantitative estimate of drug-likeness (QED) is 0.844. The van der Waals surface area contributed by atoms with Crippen molar-refractivity contribution in [1.29, 1.82) is 0 Å². The molecule has 1 aromatic carbocycles. The second kappa shape index (κ2) is 8.94. The Kier molecular flexibility index (Phi) is 7.53. The Bertz CT molecular complexity index is 364. The second-order valence-electron chi connectivity index (χ2n) is 4.86. The molecule has 19 heavy (non-hydrogen) atoms. The van der Waals surface area contributed by atoms with Crippen LogP contribution in [-0.2, 0) is 16.0 Å². The van der Waals surface area contributed by atoms with Gasteiger partial charge < -0.3 is 10.1 Å². The van der Waals surface area contributed by atoms with E-state index in [2.05, 4.69) is 5.32 Å². The summed E-state index contributed by atoms with van der Waals surface area (Å²) < 4.78 is 5.29. The minimum Gasteiger partial charge on any atom is -0.465 e. The lowest BCUT2D eigenvalue weighted by Gasteiger charge is -2.22. The normalized spacial score (nSPS) is 15.6. The van der Waals surface area contributed by atoms with Crippen LogP contribution in [0.1, 0.15) is 24.8 Å². The van der Waals surface area contributed by atoms with E-state index in [9.17, 15) is 4.79 Å². The zero-order valence-corrected chi connectivity index (χ0v) is 12.0. The third kappa shape index (κ3) is 6.08. The fourth-order valence-electron chi connectivity index (χ4n) is 2.32. The smallest absolute Gasteiger partial charge is 0.310 e. The molecular formula is C15H22ClNO2. The average Bonchev–Trinajstić information content (AvgIpc) is 2.41. The van der Waals surface area contributed by atoms with Crippen molar-refractivity contribution in [2.75, 3.05) is 19.7 Å². The molecule has 0 spiro atoms. The summed E-state index contributed by atoms with van der Waals surface area (Å²) in [6.45, 7) is 2.77. The SMILES string of the molecule is Cl.O=C(Cc1ccccc1)OCCC1CCNCC1. The number of carbonyl (C=O) groups excluding carboxylic acids is 1. The predicted molar refractivity (Wildman–Crippen MR) is 78.6 cm³/mol. The van der Waals surface area contributed by atoms with E-state index in [0.29, 0.717) is 13.0 Å². The Morgan fingerprint density at radius 2 is 1.89 bits per heavy atom. The van der Waals surface area contributed by atoms with Gasteiger partial charge in [-0.05, 0) is 43.8 Å². The number of nitrogens with one attached hydrogen (secondary N) is 1. The molecule has 1 heterocycles. The van der Waals surface area contributed by atoms with Crippen molar-refractivity contribution in [2.45, 2.75) is 25.7 Å². The molecule has 0 atom stereocenters. The van der Waals surface area contributed by atoms with Gasteiger partial charge in [0.1, 0.15) is 0 Å². The first-order valence-corrected chi connectivity index (χ1v) is 6.75. The van der Waals surface area contributed by atoms with Crippen LogP contribution in [-0.4, -0.2) is 25.7 Å².